The second-order valence-electron chi connectivity index (χ2n) is 6.74. The molecule has 112 valence electrons. The Hall–Kier alpha value is -0.120. The third-order valence-electron chi connectivity index (χ3n) is 4.46. The van der Waals surface area contributed by atoms with Crippen LogP contribution in [0.2, 0.25) is 0 Å². The summed E-state index contributed by atoms with van der Waals surface area (Å²) in [6.07, 6.45) is 11.2. The van der Waals surface area contributed by atoms with Crippen molar-refractivity contribution in [3.63, 3.8) is 0 Å². The number of nitrogens with zero attached hydrogens (tertiary/aromatic N) is 2. The highest BCUT2D eigenvalue weighted by Crippen LogP contribution is 2.19. The van der Waals surface area contributed by atoms with Gasteiger partial charge in [-0.3, -0.25) is 4.90 Å². The maximum atomic E-state index is 3.60. The number of likely N-dealkylation sites (tertiary alicyclic amines) is 1. The van der Waals surface area contributed by atoms with Crippen LogP contribution in [0.1, 0.15) is 51.4 Å². The first-order valence-electron chi connectivity index (χ1n) is 8.38. The van der Waals surface area contributed by atoms with Crippen molar-refractivity contribution < 1.29 is 0 Å². The van der Waals surface area contributed by atoms with Crippen LogP contribution in [0.15, 0.2) is 0 Å². The fourth-order valence-corrected chi connectivity index (χ4v) is 3.20. The molecule has 1 saturated carbocycles. The number of nitrogens with one attached hydrogen (secondary N) is 1. The minimum absolute atomic E-state index is 0.825. The van der Waals surface area contributed by atoms with Crippen molar-refractivity contribution in [3.05, 3.63) is 0 Å². The first kappa shape index (κ1) is 15.3. The summed E-state index contributed by atoms with van der Waals surface area (Å²) in [5.74, 6) is 0. The highest BCUT2D eigenvalue weighted by molar-refractivity contribution is 4.81. The normalized spacial score (nSPS) is 24.5. The quantitative estimate of drug-likeness (QED) is 0.613. The van der Waals surface area contributed by atoms with Crippen LogP contribution in [0.5, 0.6) is 0 Å². The Morgan fingerprint density at radius 3 is 2.58 bits per heavy atom. The molecule has 0 spiro atoms. The van der Waals surface area contributed by atoms with Crippen molar-refractivity contribution in [2.75, 3.05) is 40.3 Å². The number of rotatable bonds is 10. The smallest absolute Gasteiger partial charge is 0.0223 e. The van der Waals surface area contributed by atoms with Gasteiger partial charge in [-0.05, 0) is 72.3 Å². The Kier molecular flexibility index (Phi) is 6.62. The summed E-state index contributed by atoms with van der Waals surface area (Å²) in [5.41, 5.74) is 0. The summed E-state index contributed by atoms with van der Waals surface area (Å²) in [7, 11) is 4.40. The summed E-state index contributed by atoms with van der Waals surface area (Å²) in [5, 5.41) is 3.60. The zero-order valence-corrected chi connectivity index (χ0v) is 13.0. The molecule has 19 heavy (non-hydrogen) atoms. The minimum Gasteiger partial charge on any atom is -0.314 e. The number of hydrogen-bond donors (Lipinski definition) is 1. The van der Waals surface area contributed by atoms with Crippen LogP contribution < -0.4 is 5.32 Å². The topological polar surface area (TPSA) is 18.5 Å². The van der Waals surface area contributed by atoms with Crippen molar-refractivity contribution in [2.45, 2.75) is 63.5 Å². The Morgan fingerprint density at radius 2 is 1.84 bits per heavy atom. The molecule has 0 radical (unpaired) electrons. The highest BCUT2D eigenvalue weighted by atomic mass is 15.2. The zero-order valence-electron chi connectivity index (χ0n) is 13.0. The standard InChI is InChI=1S/C16H33N3/c1-18(2)14-16-8-7-13-19(16)12-6-4-3-5-11-17-15-9-10-15/h15-17H,3-14H2,1-2H3. The lowest BCUT2D eigenvalue weighted by molar-refractivity contribution is 0.204. The van der Waals surface area contributed by atoms with Crippen LogP contribution in [0.25, 0.3) is 0 Å². The van der Waals surface area contributed by atoms with Crippen molar-refractivity contribution in [3.8, 4) is 0 Å². The third kappa shape index (κ3) is 6.24. The van der Waals surface area contributed by atoms with Gasteiger partial charge >= 0.3 is 0 Å². The molecule has 2 fully saturated rings. The van der Waals surface area contributed by atoms with E-state index in [4.69, 9.17) is 0 Å². The predicted molar refractivity (Wildman–Crippen MR) is 82.6 cm³/mol. The van der Waals surface area contributed by atoms with Crippen molar-refractivity contribution in [2.24, 2.45) is 0 Å². The fraction of sp³-hybridized carbons (Fsp3) is 1.00. The molecule has 1 saturated heterocycles. The number of likely N-dealkylation sites (N-methyl/N-ethyl adjacent to an activating group) is 1. The second kappa shape index (κ2) is 8.23. The number of hydrogen-bond acceptors (Lipinski definition) is 3. The summed E-state index contributed by atoms with van der Waals surface area (Å²) in [6, 6.07) is 1.71. The summed E-state index contributed by atoms with van der Waals surface area (Å²) < 4.78 is 0. The molecule has 2 aliphatic rings. The van der Waals surface area contributed by atoms with Crippen molar-refractivity contribution in [1.82, 2.24) is 15.1 Å². The molecule has 3 heteroatoms. The van der Waals surface area contributed by atoms with Gasteiger partial charge in [0, 0.05) is 18.6 Å². The molecule has 1 unspecified atom stereocenters. The molecular formula is C16H33N3. The van der Waals surface area contributed by atoms with Crippen molar-refractivity contribution >= 4 is 0 Å². The molecule has 0 aromatic carbocycles. The molecule has 1 atom stereocenters. The summed E-state index contributed by atoms with van der Waals surface area (Å²) >= 11 is 0. The Balaban J connectivity index is 1.45. The van der Waals surface area contributed by atoms with E-state index in [-0.39, 0.29) is 0 Å². The van der Waals surface area contributed by atoms with Gasteiger partial charge in [0.2, 0.25) is 0 Å². The van der Waals surface area contributed by atoms with Gasteiger partial charge in [0.1, 0.15) is 0 Å². The molecule has 2 rings (SSSR count). The largest absolute Gasteiger partial charge is 0.314 e. The average molecular weight is 267 g/mol. The van der Waals surface area contributed by atoms with E-state index in [1.807, 2.05) is 0 Å². The van der Waals surface area contributed by atoms with E-state index in [1.165, 1.54) is 77.5 Å². The molecule has 0 aromatic rings. The predicted octanol–water partition coefficient (Wildman–Crippen LogP) is 2.32. The van der Waals surface area contributed by atoms with E-state index >= 15 is 0 Å². The Labute approximate surface area is 119 Å². The third-order valence-corrected chi connectivity index (χ3v) is 4.46. The van der Waals surface area contributed by atoms with E-state index in [1.54, 1.807) is 0 Å². The number of unbranched alkanes of at least 4 members (excludes halogenated alkanes) is 3. The van der Waals surface area contributed by atoms with Gasteiger partial charge in [-0.2, -0.15) is 0 Å². The van der Waals surface area contributed by atoms with Gasteiger partial charge in [-0.1, -0.05) is 12.8 Å². The van der Waals surface area contributed by atoms with E-state index in [9.17, 15) is 0 Å². The SMILES string of the molecule is CN(C)CC1CCCN1CCCCCCNC1CC1. The van der Waals surface area contributed by atoms with E-state index in [0.29, 0.717) is 0 Å². The lowest BCUT2D eigenvalue weighted by Crippen LogP contribution is -2.38. The van der Waals surface area contributed by atoms with Crippen LogP contribution in [-0.2, 0) is 0 Å². The van der Waals surface area contributed by atoms with Crippen LogP contribution in [0.4, 0.5) is 0 Å². The van der Waals surface area contributed by atoms with E-state index in [2.05, 4.69) is 29.2 Å². The van der Waals surface area contributed by atoms with Crippen LogP contribution >= 0.6 is 0 Å². The first-order valence-corrected chi connectivity index (χ1v) is 8.38. The summed E-state index contributed by atoms with van der Waals surface area (Å²) in [4.78, 5) is 5.06. The van der Waals surface area contributed by atoms with Gasteiger partial charge in [0.15, 0.2) is 0 Å². The molecule has 0 bridgehead atoms. The monoisotopic (exact) mass is 267 g/mol. The van der Waals surface area contributed by atoms with Gasteiger partial charge < -0.3 is 10.2 Å². The highest BCUT2D eigenvalue weighted by Gasteiger charge is 2.24. The van der Waals surface area contributed by atoms with Gasteiger partial charge in [-0.25, -0.2) is 0 Å². The van der Waals surface area contributed by atoms with Crippen LogP contribution in [-0.4, -0.2) is 62.2 Å². The second-order valence-corrected chi connectivity index (χ2v) is 6.74. The Bertz CT molecular complexity index is 238. The molecule has 1 aliphatic heterocycles. The van der Waals surface area contributed by atoms with E-state index in [0.717, 1.165) is 12.1 Å². The molecule has 0 aromatic heterocycles. The maximum absolute atomic E-state index is 3.60. The summed E-state index contributed by atoms with van der Waals surface area (Å²) in [6.45, 7) is 5.15. The molecule has 1 aliphatic carbocycles. The molecule has 3 nitrogen and oxygen atoms in total. The minimum atomic E-state index is 0.825. The van der Waals surface area contributed by atoms with E-state index < -0.39 is 0 Å². The maximum Gasteiger partial charge on any atom is 0.0223 e. The zero-order chi connectivity index (χ0) is 13.5. The van der Waals surface area contributed by atoms with Gasteiger partial charge in [0.25, 0.3) is 0 Å². The van der Waals surface area contributed by atoms with Crippen molar-refractivity contribution in [1.29, 1.82) is 0 Å². The van der Waals surface area contributed by atoms with Gasteiger partial charge in [0.05, 0.1) is 0 Å². The Morgan fingerprint density at radius 1 is 1.05 bits per heavy atom. The van der Waals surface area contributed by atoms with Gasteiger partial charge in [-0.15, -0.1) is 0 Å². The molecule has 1 heterocycles. The van der Waals surface area contributed by atoms with Crippen LogP contribution in [0.3, 0.4) is 0 Å². The lowest BCUT2D eigenvalue weighted by atomic mass is 10.1. The lowest BCUT2D eigenvalue weighted by Gasteiger charge is -2.26. The molecular weight excluding hydrogens is 234 g/mol. The first-order chi connectivity index (χ1) is 9.25. The average Bonchev–Trinajstić information content (AvgIpc) is 3.09. The van der Waals surface area contributed by atoms with Crippen LogP contribution in [0, 0.1) is 0 Å². The molecule has 0 amide bonds. The fourth-order valence-electron chi connectivity index (χ4n) is 3.20. The molecule has 1 N–H and O–H groups in total.